The molecule has 0 aliphatic heterocycles. The number of non-ortho nitro benzene ring substituents is 1. The third-order valence-corrected chi connectivity index (χ3v) is 4.14. The number of aryl methyl sites for hydroxylation is 2. The van der Waals surface area contributed by atoms with E-state index in [4.69, 9.17) is 0 Å². The van der Waals surface area contributed by atoms with Crippen LogP contribution in [0.15, 0.2) is 52.4 Å². The number of hydrogen-bond acceptors (Lipinski definition) is 7. The Morgan fingerprint density at radius 1 is 1.10 bits per heavy atom. The molecular formula is C18H16N6O5. The van der Waals surface area contributed by atoms with Gasteiger partial charge in [0.05, 0.1) is 33.4 Å². The highest BCUT2D eigenvalue weighted by Crippen LogP contribution is 2.28. The highest BCUT2D eigenvalue weighted by Gasteiger charge is 2.19. The number of hydrazone groups is 1. The largest absolute Gasteiger partial charge is 0.301 e. The van der Waals surface area contributed by atoms with Crippen LogP contribution in [-0.4, -0.2) is 25.8 Å². The van der Waals surface area contributed by atoms with Crippen molar-refractivity contribution >= 4 is 23.3 Å². The molecule has 29 heavy (non-hydrogen) atoms. The molecular weight excluding hydrogens is 380 g/mol. The topological polar surface area (TPSA) is 148 Å². The van der Waals surface area contributed by atoms with Gasteiger partial charge in [0, 0.05) is 11.8 Å². The summed E-state index contributed by atoms with van der Waals surface area (Å²) >= 11 is 0. The molecule has 11 nitrogen and oxygen atoms in total. The summed E-state index contributed by atoms with van der Waals surface area (Å²) in [5.74, 6) is 0. The minimum atomic E-state index is -0.753. The molecule has 3 aromatic rings. The van der Waals surface area contributed by atoms with E-state index in [2.05, 4.69) is 15.6 Å². The number of nitro benzene ring substituents is 2. The maximum atomic E-state index is 12.7. The van der Waals surface area contributed by atoms with E-state index < -0.39 is 21.2 Å². The average Bonchev–Trinajstić information content (AvgIpc) is 2.96. The van der Waals surface area contributed by atoms with E-state index in [0.29, 0.717) is 11.4 Å². The Bertz CT molecular complexity index is 1190. The second kappa shape index (κ2) is 7.76. The molecule has 148 valence electrons. The Morgan fingerprint density at radius 3 is 2.52 bits per heavy atom. The summed E-state index contributed by atoms with van der Waals surface area (Å²) in [7, 11) is 0. The Balaban J connectivity index is 1.89. The number of aromatic amines is 1. The number of nitrogens with one attached hydrogen (secondary N) is 2. The summed E-state index contributed by atoms with van der Waals surface area (Å²) in [4.78, 5) is 33.1. The number of hydrogen-bond donors (Lipinski definition) is 2. The lowest BCUT2D eigenvalue weighted by atomic mass is 10.2. The van der Waals surface area contributed by atoms with Crippen molar-refractivity contribution in [3.8, 4) is 5.69 Å². The fraction of sp³-hybridized carbons (Fsp3) is 0.111. The van der Waals surface area contributed by atoms with Crippen LogP contribution in [0.5, 0.6) is 0 Å². The fourth-order valence-corrected chi connectivity index (χ4v) is 2.71. The van der Waals surface area contributed by atoms with Gasteiger partial charge in [-0.3, -0.25) is 35.5 Å². The molecule has 0 atom stereocenters. The number of H-pyrrole nitrogens is 1. The summed E-state index contributed by atoms with van der Waals surface area (Å²) in [5.41, 5.74) is 3.66. The van der Waals surface area contributed by atoms with Gasteiger partial charge in [-0.15, -0.1) is 0 Å². The Hall–Kier alpha value is -4.28. The zero-order valence-corrected chi connectivity index (χ0v) is 15.4. The minimum Gasteiger partial charge on any atom is -0.295 e. The van der Waals surface area contributed by atoms with E-state index in [0.717, 1.165) is 17.7 Å². The summed E-state index contributed by atoms with van der Waals surface area (Å²) < 4.78 is 1.37. The smallest absolute Gasteiger partial charge is 0.295 e. The van der Waals surface area contributed by atoms with E-state index in [1.807, 2.05) is 25.1 Å². The lowest BCUT2D eigenvalue weighted by molar-refractivity contribution is -0.393. The Kier molecular flexibility index (Phi) is 5.21. The number of aromatic nitrogens is 2. The summed E-state index contributed by atoms with van der Waals surface area (Å²) in [5, 5.41) is 28.8. The van der Waals surface area contributed by atoms with Gasteiger partial charge in [-0.2, -0.15) is 5.10 Å². The summed E-state index contributed by atoms with van der Waals surface area (Å²) in [6, 6.07) is 10.5. The third-order valence-electron chi connectivity index (χ3n) is 4.14. The van der Waals surface area contributed by atoms with Crippen molar-refractivity contribution in [1.82, 2.24) is 9.78 Å². The van der Waals surface area contributed by atoms with Gasteiger partial charge in [0.1, 0.15) is 5.69 Å². The maximum Gasteiger partial charge on any atom is 0.301 e. The van der Waals surface area contributed by atoms with Gasteiger partial charge in [-0.05, 0) is 37.6 Å². The predicted octanol–water partition coefficient (Wildman–Crippen LogP) is 3.04. The molecule has 0 aliphatic rings. The van der Waals surface area contributed by atoms with Crippen molar-refractivity contribution in [1.29, 1.82) is 0 Å². The summed E-state index contributed by atoms with van der Waals surface area (Å²) in [6.45, 7) is 3.61. The van der Waals surface area contributed by atoms with Gasteiger partial charge in [0.15, 0.2) is 0 Å². The van der Waals surface area contributed by atoms with Crippen LogP contribution in [0.1, 0.15) is 16.8 Å². The number of rotatable bonds is 6. The van der Waals surface area contributed by atoms with Crippen molar-refractivity contribution in [2.24, 2.45) is 5.10 Å². The SMILES string of the molecule is Cc1cccc(-n2[nH]c(C)c(C=NNc3ccc([N+](=O)[O-])cc3[N+](=O)[O-])c2=O)c1. The first kappa shape index (κ1) is 19.5. The molecule has 11 heteroatoms. The van der Waals surface area contributed by atoms with Crippen molar-refractivity contribution in [2.45, 2.75) is 13.8 Å². The van der Waals surface area contributed by atoms with Crippen molar-refractivity contribution in [2.75, 3.05) is 5.43 Å². The van der Waals surface area contributed by atoms with Crippen LogP contribution in [0.4, 0.5) is 17.1 Å². The number of nitro groups is 2. The molecule has 2 aromatic carbocycles. The standard InChI is InChI=1S/C18H16N6O5/c1-11-4-3-5-13(8-11)22-18(25)15(12(2)21-22)10-19-20-16-7-6-14(23(26)27)9-17(16)24(28)29/h3-10,20-21H,1-2H3. The molecule has 2 N–H and O–H groups in total. The lowest BCUT2D eigenvalue weighted by Crippen LogP contribution is -2.17. The fourth-order valence-electron chi connectivity index (χ4n) is 2.71. The zero-order valence-electron chi connectivity index (χ0n) is 15.4. The van der Waals surface area contributed by atoms with Crippen LogP contribution in [0.2, 0.25) is 0 Å². The van der Waals surface area contributed by atoms with E-state index >= 15 is 0 Å². The van der Waals surface area contributed by atoms with E-state index in [1.165, 1.54) is 17.0 Å². The number of nitrogens with zero attached hydrogens (tertiary/aromatic N) is 4. The van der Waals surface area contributed by atoms with Gasteiger partial charge in [-0.25, -0.2) is 4.68 Å². The first-order chi connectivity index (χ1) is 13.8. The monoisotopic (exact) mass is 396 g/mol. The van der Waals surface area contributed by atoms with Gasteiger partial charge >= 0.3 is 5.69 Å². The van der Waals surface area contributed by atoms with Crippen LogP contribution in [0.25, 0.3) is 5.69 Å². The molecule has 0 fully saturated rings. The molecule has 0 saturated heterocycles. The van der Waals surface area contributed by atoms with Crippen LogP contribution in [-0.2, 0) is 0 Å². The van der Waals surface area contributed by atoms with Gasteiger partial charge < -0.3 is 0 Å². The van der Waals surface area contributed by atoms with Crippen LogP contribution in [0.3, 0.4) is 0 Å². The second-order valence-corrected chi connectivity index (χ2v) is 6.22. The van der Waals surface area contributed by atoms with Crippen LogP contribution in [0, 0.1) is 34.1 Å². The molecule has 0 saturated carbocycles. The van der Waals surface area contributed by atoms with Gasteiger partial charge in [0.25, 0.3) is 11.2 Å². The predicted molar refractivity (Wildman–Crippen MR) is 107 cm³/mol. The average molecular weight is 396 g/mol. The van der Waals surface area contributed by atoms with E-state index in [-0.39, 0.29) is 16.8 Å². The maximum absolute atomic E-state index is 12.7. The highest BCUT2D eigenvalue weighted by atomic mass is 16.6. The third kappa shape index (κ3) is 4.03. The minimum absolute atomic E-state index is 0.0379. The van der Waals surface area contributed by atoms with Crippen LogP contribution < -0.4 is 11.0 Å². The number of anilines is 1. The normalized spacial score (nSPS) is 11.0. The Morgan fingerprint density at radius 2 is 1.86 bits per heavy atom. The zero-order chi connectivity index (χ0) is 21.1. The molecule has 0 spiro atoms. The van der Waals surface area contributed by atoms with Gasteiger partial charge in [0.2, 0.25) is 0 Å². The molecule has 0 radical (unpaired) electrons. The van der Waals surface area contributed by atoms with E-state index in [1.54, 1.807) is 13.0 Å². The molecule has 0 aliphatic carbocycles. The first-order valence-electron chi connectivity index (χ1n) is 8.38. The second-order valence-electron chi connectivity index (χ2n) is 6.22. The van der Waals surface area contributed by atoms with Crippen molar-refractivity contribution < 1.29 is 9.85 Å². The van der Waals surface area contributed by atoms with Crippen LogP contribution >= 0.6 is 0 Å². The van der Waals surface area contributed by atoms with Crippen molar-refractivity contribution in [3.05, 3.63) is 89.9 Å². The molecule has 0 bridgehead atoms. The molecule has 1 aromatic heterocycles. The lowest BCUT2D eigenvalue weighted by Gasteiger charge is -2.02. The van der Waals surface area contributed by atoms with E-state index in [9.17, 15) is 25.0 Å². The quantitative estimate of drug-likeness (QED) is 0.371. The molecule has 3 rings (SSSR count). The number of benzene rings is 2. The first-order valence-corrected chi connectivity index (χ1v) is 8.38. The highest BCUT2D eigenvalue weighted by molar-refractivity contribution is 5.81. The Labute approximate surface area is 163 Å². The summed E-state index contributed by atoms with van der Waals surface area (Å²) in [6.07, 6.45) is 1.24. The molecule has 0 amide bonds. The van der Waals surface area contributed by atoms with Crippen molar-refractivity contribution in [3.63, 3.8) is 0 Å². The molecule has 1 heterocycles. The van der Waals surface area contributed by atoms with Gasteiger partial charge in [-0.1, -0.05) is 12.1 Å². The molecule has 0 unspecified atom stereocenters.